The van der Waals surface area contributed by atoms with Gasteiger partial charge in [-0.25, -0.2) is 14.4 Å². The van der Waals surface area contributed by atoms with Crippen molar-refractivity contribution in [3.05, 3.63) is 86.7 Å². The summed E-state index contributed by atoms with van der Waals surface area (Å²) in [6.45, 7) is 7.16. The number of urea groups is 1. The van der Waals surface area contributed by atoms with Crippen LogP contribution in [-0.4, -0.2) is 36.1 Å². The molecule has 0 aromatic heterocycles. The van der Waals surface area contributed by atoms with Gasteiger partial charge in [-0.3, -0.25) is 10.1 Å². The molecule has 2 amide bonds. The van der Waals surface area contributed by atoms with Crippen molar-refractivity contribution in [2.24, 2.45) is 0 Å². The predicted octanol–water partition coefficient (Wildman–Crippen LogP) is 4.60. The highest BCUT2D eigenvalue weighted by atomic mass is 16.6. The molecular weight excluding hydrogens is 480 g/mol. The number of nitro benzene ring substituents is 1. The van der Waals surface area contributed by atoms with E-state index in [2.05, 4.69) is 16.0 Å². The number of esters is 2. The molecule has 3 rings (SSSR count). The maximum Gasteiger partial charge on any atom is 0.336 e. The van der Waals surface area contributed by atoms with Crippen LogP contribution in [0.1, 0.15) is 39.2 Å². The number of hydrogen-bond donors (Lipinski definition) is 3. The van der Waals surface area contributed by atoms with Gasteiger partial charge < -0.3 is 25.4 Å². The average molecular weight is 509 g/mol. The molecule has 11 nitrogen and oxygen atoms in total. The summed E-state index contributed by atoms with van der Waals surface area (Å²) in [7, 11) is 0. The molecule has 0 saturated heterocycles. The summed E-state index contributed by atoms with van der Waals surface area (Å²) in [5.74, 6) is -1.93. The fourth-order valence-corrected chi connectivity index (χ4v) is 4.04. The Morgan fingerprint density at radius 1 is 0.892 bits per heavy atom. The van der Waals surface area contributed by atoms with Crippen LogP contribution in [0.25, 0.3) is 0 Å². The van der Waals surface area contributed by atoms with Gasteiger partial charge in [0, 0.05) is 34.9 Å². The molecule has 37 heavy (non-hydrogen) atoms. The third kappa shape index (κ3) is 6.31. The summed E-state index contributed by atoms with van der Waals surface area (Å²) in [5, 5.41) is 19.2. The smallest absolute Gasteiger partial charge is 0.336 e. The normalized spacial score (nSPS) is 13.5. The van der Waals surface area contributed by atoms with E-state index in [1.54, 1.807) is 52.0 Å². The average Bonchev–Trinajstić information content (AvgIpc) is 2.84. The Labute approximate surface area is 213 Å². The number of nitrogens with zero attached hydrogens (tertiary/aromatic N) is 1. The molecule has 2 aromatic rings. The second-order valence-corrected chi connectivity index (χ2v) is 8.08. The first-order valence-corrected chi connectivity index (χ1v) is 11.6. The number of allylic oxidation sites excluding steroid dienone is 2. The van der Waals surface area contributed by atoms with Gasteiger partial charge in [0.15, 0.2) is 0 Å². The molecular formula is C26H28N4O7. The van der Waals surface area contributed by atoms with Gasteiger partial charge in [-0.15, -0.1) is 0 Å². The summed E-state index contributed by atoms with van der Waals surface area (Å²) >= 11 is 0. The minimum absolute atomic E-state index is 0.0952. The van der Waals surface area contributed by atoms with Crippen molar-refractivity contribution in [1.29, 1.82) is 0 Å². The van der Waals surface area contributed by atoms with E-state index >= 15 is 0 Å². The molecule has 2 aromatic carbocycles. The minimum atomic E-state index is -0.793. The monoisotopic (exact) mass is 508 g/mol. The van der Waals surface area contributed by atoms with Gasteiger partial charge in [0.05, 0.1) is 35.2 Å². The summed E-state index contributed by atoms with van der Waals surface area (Å²) in [6.07, 6.45) is 0. The van der Waals surface area contributed by atoms with E-state index in [1.807, 2.05) is 0 Å². The lowest BCUT2D eigenvalue weighted by Crippen LogP contribution is -2.32. The molecule has 1 aliphatic rings. The molecule has 3 N–H and O–H groups in total. The van der Waals surface area contributed by atoms with Gasteiger partial charge in [0.25, 0.3) is 5.69 Å². The molecule has 11 heteroatoms. The maximum atomic E-state index is 12.9. The second-order valence-electron chi connectivity index (χ2n) is 8.08. The fraction of sp³-hybridized carbons (Fsp3) is 0.269. The van der Waals surface area contributed by atoms with E-state index in [0.717, 1.165) is 0 Å². The fourth-order valence-electron chi connectivity index (χ4n) is 4.04. The van der Waals surface area contributed by atoms with Crippen molar-refractivity contribution in [1.82, 2.24) is 5.32 Å². The van der Waals surface area contributed by atoms with Crippen molar-refractivity contribution in [3.63, 3.8) is 0 Å². The number of hydrogen-bond acceptors (Lipinski definition) is 8. The van der Waals surface area contributed by atoms with Crippen LogP contribution in [0.15, 0.2) is 71.1 Å². The first-order valence-electron chi connectivity index (χ1n) is 11.6. The Morgan fingerprint density at radius 3 is 1.95 bits per heavy atom. The van der Waals surface area contributed by atoms with Gasteiger partial charge in [-0.05, 0) is 57.5 Å². The second kappa shape index (κ2) is 11.8. The van der Waals surface area contributed by atoms with Crippen LogP contribution in [0, 0.1) is 10.1 Å². The third-order valence-corrected chi connectivity index (χ3v) is 5.56. The zero-order chi connectivity index (χ0) is 27.1. The minimum Gasteiger partial charge on any atom is -0.463 e. The van der Waals surface area contributed by atoms with Crippen molar-refractivity contribution < 1.29 is 28.8 Å². The molecule has 0 bridgehead atoms. The topological polar surface area (TPSA) is 149 Å². The van der Waals surface area contributed by atoms with Crippen LogP contribution in [-0.2, 0) is 19.1 Å². The molecule has 0 spiro atoms. The van der Waals surface area contributed by atoms with Crippen LogP contribution < -0.4 is 16.0 Å². The first kappa shape index (κ1) is 26.9. The number of ether oxygens (including phenoxy) is 2. The highest BCUT2D eigenvalue weighted by Crippen LogP contribution is 2.40. The van der Waals surface area contributed by atoms with E-state index in [4.69, 9.17) is 9.47 Å². The number of nitrogens with one attached hydrogen (secondary N) is 3. The van der Waals surface area contributed by atoms with Gasteiger partial charge in [0.2, 0.25) is 0 Å². The third-order valence-electron chi connectivity index (χ3n) is 5.56. The zero-order valence-corrected chi connectivity index (χ0v) is 20.9. The van der Waals surface area contributed by atoms with Crippen LogP contribution >= 0.6 is 0 Å². The SMILES string of the molecule is CCOC(=O)C1=C(C)NC(C)=C(C(=O)OCC)C1c1cccc(NC(=O)Nc2ccc([N+](=O)[O-])cc2)c1. The Balaban J connectivity index is 1.93. The standard InChI is InChI=1S/C26H28N4O7/c1-5-36-24(31)21-15(3)27-16(4)22(25(32)37-6-2)23(21)17-8-7-9-19(14-17)29-26(33)28-18-10-12-20(13-11-18)30(34)35/h7-14,23,27H,5-6H2,1-4H3,(H2,28,29,33). The van der Waals surface area contributed by atoms with E-state index in [1.165, 1.54) is 24.3 Å². The lowest BCUT2D eigenvalue weighted by atomic mass is 9.80. The summed E-state index contributed by atoms with van der Waals surface area (Å²) < 4.78 is 10.6. The van der Waals surface area contributed by atoms with Crippen molar-refractivity contribution >= 4 is 35.0 Å². The molecule has 0 aliphatic carbocycles. The largest absolute Gasteiger partial charge is 0.463 e. The number of carbonyl (C=O) groups excluding carboxylic acids is 3. The molecule has 0 atom stereocenters. The highest BCUT2D eigenvalue weighted by molar-refractivity contribution is 6.01. The Hall–Kier alpha value is -4.67. The number of benzene rings is 2. The number of non-ortho nitro benzene ring substituents is 1. The summed E-state index contributed by atoms with van der Waals surface area (Å²) in [4.78, 5) is 48.7. The quantitative estimate of drug-likeness (QED) is 0.266. The maximum absolute atomic E-state index is 12.9. The van der Waals surface area contributed by atoms with E-state index in [-0.39, 0.29) is 30.0 Å². The molecule has 194 valence electrons. The van der Waals surface area contributed by atoms with Gasteiger partial charge in [0.1, 0.15) is 0 Å². The molecule has 0 radical (unpaired) electrons. The van der Waals surface area contributed by atoms with Crippen LogP contribution in [0.5, 0.6) is 0 Å². The van der Waals surface area contributed by atoms with Crippen molar-refractivity contribution in [2.45, 2.75) is 33.6 Å². The lowest BCUT2D eigenvalue weighted by Gasteiger charge is -2.30. The van der Waals surface area contributed by atoms with Gasteiger partial charge in [-0.1, -0.05) is 12.1 Å². The Kier molecular flexibility index (Phi) is 8.62. The Morgan fingerprint density at radius 2 is 1.43 bits per heavy atom. The predicted molar refractivity (Wildman–Crippen MR) is 137 cm³/mol. The van der Waals surface area contributed by atoms with Crippen molar-refractivity contribution in [2.75, 3.05) is 23.8 Å². The van der Waals surface area contributed by atoms with Gasteiger partial charge in [-0.2, -0.15) is 0 Å². The van der Waals surface area contributed by atoms with Crippen LogP contribution in [0.3, 0.4) is 0 Å². The molecule has 0 fully saturated rings. The summed E-state index contributed by atoms with van der Waals surface area (Å²) in [6, 6.07) is 11.6. The van der Waals surface area contributed by atoms with Gasteiger partial charge >= 0.3 is 18.0 Å². The zero-order valence-electron chi connectivity index (χ0n) is 20.9. The van der Waals surface area contributed by atoms with Crippen LogP contribution in [0.4, 0.5) is 21.9 Å². The number of amides is 2. The van der Waals surface area contributed by atoms with E-state index in [9.17, 15) is 24.5 Å². The molecule has 0 saturated carbocycles. The molecule has 1 heterocycles. The highest BCUT2D eigenvalue weighted by Gasteiger charge is 2.38. The van der Waals surface area contributed by atoms with E-state index < -0.39 is 28.8 Å². The molecule has 1 aliphatic heterocycles. The Bertz CT molecular complexity index is 1240. The number of nitro groups is 1. The van der Waals surface area contributed by atoms with Crippen LogP contribution in [0.2, 0.25) is 0 Å². The number of carbonyl (C=O) groups is 3. The lowest BCUT2D eigenvalue weighted by molar-refractivity contribution is -0.384. The van der Waals surface area contributed by atoms with E-state index in [0.29, 0.717) is 28.3 Å². The number of rotatable bonds is 8. The first-order chi connectivity index (χ1) is 17.7. The summed E-state index contributed by atoms with van der Waals surface area (Å²) in [5.41, 5.74) is 2.86. The number of dihydropyridines is 1. The number of anilines is 2. The van der Waals surface area contributed by atoms with Crippen molar-refractivity contribution in [3.8, 4) is 0 Å². The molecule has 0 unspecified atom stereocenters.